The van der Waals surface area contributed by atoms with Crippen molar-refractivity contribution in [3.8, 4) is 0 Å². The molecule has 2 aromatic rings. The van der Waals surface area contributed by atoms with Crippen molar-refractivity contribution in [3.63, 3.8) is 0 Å². The summed E-state index contributed by atoms with van der Waals surface area (Å²) in [7, 11) is 0. The fraction of sp³-hybridized carbons (Fsp3) is 0.333. The second-order valence-electron chi connectivity index (χ2n) is 5.86. The molecule has 0 aliphatic carbocycles. The fourth-order valence-electron chi connectivity index (χ4n) is 2.95. The lowest BCUT2D eigenvalue weighted by Gasteiger charge is -2.38. The molecule has 0 amide bonds. The molecule has 3 nitrogen and oxygen atoms in total. The summed E-state index contributed by atoms with van der Waals surface area (Å²) in [5.41, 5.74) is 11.9. The molecule has 0 radical (unpaired) electrons. The van der Waals surface area contributed by atoms with Crippen LogP contribution < -0.4 is 15.5 Å². The number of rotatable bonds is 2. The molecule has 1 heterocycles. The van der Waals surface area contributed by atoms with Crippen molar-refractivity contribution in [3.05, 3.63) is 53.6 Å². The van der Waals surface area contributed by atoms with Gasteiger partial charge in [-0.05, 0) is 55.3 Å². The first-order valence-corrected chi connectivity index (χ1v) is 7.56. The van der Waals surface area contributed by atoms with E-state index in [1.807, 2.05) is 12.1 Å². The van der Waals surface area contributed by atoms with E-state index in [1.165, 1.54) is 22.5 Å². The summed E-state index contributed by atoms with van der Waals surface area (Å²) in [6, 6.07) is 14.9. The molecule has 3 rings (SSSR count). The summed E-state index contributed by atoms with van der Waals surface area (Å²) >= 11 is 0. The Morgan fingerprint density at radius 3 is 2.10 bits per heavy atom. The molecule has 1 fully saturated rings. The van der Waals surface area contributed by atoms with E-state index in [0.29, 0.717) is 0 Å². The van der Waals surface area contributed by atoms with E-state index in [1.54, 1.807) is 0 Å². The average molecular weight is 281 g/mol. The highest BCUT2D eigenvalue weighted by Gasteiger charge is 2.18. The number of hydrogen-bond acceptors (Lipinski definition) is 3. The molecule has 1 aliphatic rings. The zero-order valence-electron chi connectivity index (χ0n) is 12.8. The highest BCUT2D eigenvalue weighted by atomic mass is 15.3. The SMILES string of the molecule is Cc1ccc(C)c(N2CCN(c3ccc(N)cc3)CC2)c1. The van der Waals surface area contributed by atoms with Crippen LogP contribution in [0.1, 0.15) is 11.1 Å². The van der Waals surface area contributed by atoms with Gasteiger partial charge in [-0.15, -0.1) is 0 Å². The van der Waals surface area contributed by atoms with Crippen molar-refractivity contribution in [2.24, 2.45) is 0 Å². The van der Waals surface area contributed by atoms with E-state index in [-0.39, 0.29) is 0 Å². The summed E-state index contributed by atoms with van der Waals surface area (Å²) in [5, 5.41) is 0. The summed E-state index contributed by atoms with van der Waals surface area (Å²) in [4.78, 5) is 4.93. The van der Waals surface area contributed by atoms with E-state index >= 15 is 0 Å². The lowest BCUT2D eigenvalue weighted by molar-refractivity contribution is 0.652. The van der Waals surface area contributed by atoms with Crippen molar-refractivity contribution in [2.45, 2.75) is 13.8 Å². The lowest BCUT2D eigenvalue weighted by atomic mass is 10.1. The Morgan fingerprint density at radius 2 is 1.43 bits per heavy atom. The van der Waals surface area contributed by atoms with Crippen LogP contribution in [0, 0.1) is 13.8 Å². The molecule has 21 heavy (non-hydrogen) atoms. The van der Waals surface area contributed by atoms with E-state index in [2.05, 4.69) is 54.0 Å². The van der Waals surface area contributed by atoms with Crippen LogP contribution in [0.2, 0.25) is 0 Å². The predicted molar refractivity (Wildman–Crippen MR) is 91.2 cm³/mol. The third-order valence-corrected chi connectivity index (χ3v) is 4.24. The molecule has 0 aromatic heterocycles. The molecule has 1 saturated heterocycles. The number of benzene rings is 2. The van der Waals surface area contributed by atoms with Gasteiger partial charge in [0.2, 0.25) is 0 Å². The monoisotopic (exact) mass is 281 g/mol. The van der Waals surface area contributed by atoms with Crippen LogP contribution in [0.4, 0.5) is 17.1 Å². The first kappa shape index (κ1) is 13.8. The molecular weight excluding hydrogens is 258 g/mol. The van der Waals surface area contributed by atoms with Gasteiger partial charge < -0.3 is 15.5 Å². The molecule has 110 valence electrons. The minimum Gasteiger partial charge on any atom is -0.399 e. The van der Waals surface area contributed by atoms with Crippen LogP contribution in [0.5, 0.6) is 0 Å². The van der Waals surface area contributed by atoms with Crippen LogP contribution in [0.15, 0.2) is 42.5 Å². The molecule has 2 aromatic carbocycles. The Bertz CT molecular complexity index is 611. The van der Waals surface area contributed by atoms with E-state index in [9.17, 15) is 0 Å². The van der Waals surface area contributed by atoms with E-state index in [0.717, 1.165) is 31.9 Å². The van der Waals surface area contributed by atoms with Crippen molar-refractivity contribution in [2.75, 3.05) is 41.7 Å². The summed E-state index contributed by atoms with van der Waals surface area (Å²) < 4.78 is 0. The number of piperazine rings is 1. The number of anilines is 3. The van der Waals surface area contributed by atoms with E-state index < -0.39 is 0 Å². The second kappa shape index (κ2) is 5.68. The van der Waals surface area contributed by atoms with Gasteiger partial charge in [-0.1, -0.05) is 12.1 Å². The van der Waals surface area contributed by atoms with Gasteiger partial charge in [-0.2, -0.15) is 0 Å². The fourth-order valence-corrected chi connectivity index (χ4v) is 2.95. The van der Waals surface area contributed by atoms with Crippen LogP contribution in [0.25, 0.3) is 0 Å². The van der Waals surface area contributed by atoms with Gasteiger partial charge in [-0.25, -0.2) is 0 Å². The van der Waals surface area contributed by atoms with Crippen LogP contribution in [-0.2, 0) is 0 Å². The summed E-state index contributed by atoms with van der Waals surface area (Å²) in [6.07, 6.45) is 0. The largest absolute Gasteiger partial charge is 0.399 e. The number of aryl methyl sites for hydroxylation is 2. The van der Waals surface area contributed by atoms with Gasteiger partial charge in [0, 0.05) is 43.2 Å². The lowest BCUT2D eigenvalue weighted by Crippen LogP contribution is -2.46. The Kier molecular flexibility index (Phi) is 3.74. The topological polar surface area (TPSA) is 32.5 Å². The molecule has 0 unspecified atom stereocenters. The van der Waals surface area contributed by atoms with Crippen molar-refractivity contribution >= 4 is 17.1 Å². The normalized spacial score (nSPS) is 15.3. The zero-order chi connectivity index (χ0) is 14.8. The number of nitrogens with two attached hydrogens (primary N) is 1. The minimum absolute atomic E-state index is 0.827. The molecule has 2 N–H and O–H groups in total. The van der Waals surface area contributed by atoms with Gasteiger partial charge >= 0.3 is 0 Å². The Hall–Kier alpha value is -2.16. The third kappa shape index (κ3) is 2.97. The zero-order valence-corrected chi connectivity index (χ0v) is 12.8. The minimum atomic E-state index is 0.827. The summed E-state index contributed by atoms with van der Waals surface area (Å²) in [6.45, 7) is 8.59. The predicted octanol–water partition coefficient (Wildman–Crippen LogP) is 3.21. The number of nitrogens with zero attached hydrogens (tertiary/aromatic N) is 2. The average Bonchev–Trinajstić information content (AvgIpc) is 2.51. The van der Waals surface area contributed by atoms with Gasteiger partial charge in [0.25, 0.3) is 0 Å². The molecular formula is C18H23N3. The Balaban J connectivity index is 1.70. The highest BCUT2D eigenvalue weighted by molar-refractivity contribution is 5.58. The Labute approximate surface area is 127 Å². The molecule has 0 bridgehead atoms. The quantitative estimate of drug-likeness (QED) is 0.858. The van der Waals surface area contributed by atoms with Gasteiger partial charge in [0.15, 0.2) is 0 Å². The first-order valence-electron chi connectivity index (χ1n) is 7.56. The maximum atomic E-state index is 5.76. The second-order valence-corrected chi connectivity index (χ2v) is 5.86. The van der Waals surface area contributed by atoms with Crippen LogP contribution >= 0.6 is 0 Å². The van der Waals surface area contributed by atoms with Gasteiger partial charge in [-0.3, -0.25) is 0 Å². The smallest absolute Gasteiger partial charge is 0.0399 e. The van der Waals surface area contributed by atoms with Crippen molar-refractivity contribution in [1.29, 1.82) is 0 Å². The first-order chi connectivity index (χ1) is 10.1. The maximum Gasteiger partial charge on any atom is 0.0399 e. The Morgan fingerprint density at radius 1 is 0.810 bits per heavy atom. The van der Waals surface area contributed by atoms with E-state index in [4.69, 9.17) is 5.73 Å². The number of hydrogen-bond donors (Lipinski definition) is 1. The van der Waals surface area contributed by atoms with Gasteiger partial charge in [0.1, 0.15) is 0 Å². The standard InChI is InChI=1S/C18H23N3/c1-14-3-4-15(2)18(13-14)21-11-9-20(10-12-21)17-7-5-16(19)6-8-17/h3-8,13H,9-12,19H2,1-2H3. The molecule has 0 spiro atoms. The molecule has 1 aliphatic heterocycles. The number of nitrogen functional groups attached to an aromatic ring is 1. The molecule has 3 heteroatoms. The van der Waals surface area contributed by atoms with Crippen molar-refractivity contribution < 1.29 is 0 Å². The molecule has 0 atom stereocenters. The molecule has 0 saturated carbocycles. The van der Waals surface area contributed by atoms with Crippen LogP contribution in [0.3, 0.4) is 0 Å². The third-order valence-electron chi connectivity index (χ3n) is 4.24. The maximum absolute atomic E-state index is 5.76. The van der Waals surface area contributed by atoms with Crippen molar-refractivity contribution in [1.82, 2.24) is 0 Å². The highest BCUT2D eigenvalue weighted by Crippen LogP contribution is 2.24. The summed E-state index contributed by atoms with van der Waals surface area (Å²) in [5.74, 6) is 0. The van der Waals surface area contributed by atoms with Gasteiger partial charge in [0.05, 0.1) is 0 Å². The van der Waals surface area contributed by atoms with Crippen LogP contribution in [-0.4, -0.2) is 26.2 Å².